The van der Waals surface area contributed by atoms with E-state index in [1.807, 2.05) is 0 Å². The van der Waals surface area contributed by atoms with E-state index < -0.39 is 0 Å². The number of nitrogens with one attached hydrogen (secondary N) is 3. The van der Waals surface area contributed by atoms with Crippen LogP contribution in [0.5, 0.6) is 0 Å². The minimum Gasteiger partial charge on any atom is -0.323 e. The van der Waals surface area contributed by atoms with Gasteiger partial charge in [0.2, 0.25) is 18.8 Å². The summed E-state index contributed by atoms with van der Waals surface area (Å²) in [7, 11) is 0. The largest absolute Gasteiger partial charge is 0.323 e. The van der Waals surface area contributed by atoms with E-state index in [2.05, 4.69) is 32.7 Å². The molecule has 9 heteroatoms. The van der Waals surface area contributed by atoms with Crippen LogP contribution in [0.1, 0.15) is 6.42 Å². The van der Waals surface area contributed by atoms with Crippen molar-refractivity contribution in [1.82, 2.24) is 9.97 Å². The molecular weight excluding hydrogens is 274 g/mol. The van der Waals surface area contributed by atoms with Crippen molar-refractivity contribution in [2.24, 2.45) is 0 Å². The number of hydrogen-bond donors (Lipinski definition) is 3. The van der Waals surface area contributed by atoms with Crippen molar-refractivity contribution in [1.29, 1.82) is 0 Å². The lowest BCUT2D eigenvalue weighted by Crippen LogP contribution is -2.11. The zero-order chi connectivity index (χ0) is 14.1. The lowest BCUT2D eigenvalue weighted by Gasteiger charge is -2.12. The van der Waals surface area contributed by atoms with Crippen molar-refractivity contribution < 1.29 is 14.4 Å². The van der Waals surface area contributed by atoms with Gasteiger partial charge in [-0.3, -0.25) is 19.7 Å². The number of amides is 2. The van der Waals surface area contributed by atoms with Crippen LogP contribution in [0, 0.1) is 0 Å². The van der Waals surface area contributed by atoms with E-state index in [4.69, 9.17) is 16.4 Å². The molecule has 1 aromatic heterocycles. The van der Waals surface area contributed by atoms with Gasteiger partial charge in [-0.2, -0.15) is 9.97 Å². The molecule has 8 nitrogen and oxygen atoms in total. The summed E-state index contributed by atoms with van der Waals surface area (Å²) in [5, 5.41) is 4.54. The lowest BCUT2D eigenvalue weighted by molar-refractivity contribution is -0.106. The van der Waals surface area contributed by atoms with Crippen molar-refractivity contribution in [3.05, 3.63) is 17.8 Å². The summed E-state index contributed by atoms with van der Waals surface area (Å²) in [6.45, 7) is 3.89. The average molecular weight is 286 g/mol. The van der Waals surface area contributed by atoms with Gasteiger partial charge in [0.25, 0.3) is 0 Å². The third-order valence-corrected chi connectivity index (χ3v) is 2.12. The maximum atomic E-state index is 10.5. The molecule has 1 heterocycles. The first-order valence-electron chi connectivity index (χ1n) is 5.19. The van der Waals surface area contributed by atoms with Crippen LogP contribution in [0.25, 0.3) is 0 Å². The van der Waals surface area contributed by atoms with Crippen LogP contribution in [0.15, 0.2) is 12.7 Å². The van der Waals surface area contributed by atoms with Crippen LogP contribution >= 0.6 is 11.6 Å². The molecule has 0 aromatic carbocycles. The molecule has 0 radical (unpaired) electrons. The Bertz CT molecular complexity index is 469. The van der Waals surface area contributed by atoms with Crippen molar-refractivity contribution >= 4 is 41.9 Å². The van der Waals surface area contributed by atoms with E-state index in [-0.39, 0.29) is 22.6 Å². The van der Waals surface area contributed by atoms with E-state index in [0.29, 0.717) is 25.8 Å². The molecular formula is C10H12ClN5O3. The maximum absolute atomic E-state index is 10.5. The van der Waals surface area contributed by atoms with Crippen LogP contribution in [0.2, 0.25) is 5.15 Å². The topological polar surface area (TPSA) is 105 Å². The van der Waals surface area contributed by atoms with Crippen LogP contribution in [-0.4, -0.2) is 29.4 Å². The number of aromatic nitrogens is 2. The van der Waals surface area contributed by atoms with E-state index in [9.17, 15) is 9.59 Å². The molecule has 1 rings (SSSR count). The number of halogens is 1. The molecule has 0 saturated carbocycles. The molecule has 0 aliphatic rings. The van der Waals surface area contributed by atoms with Crippen molar-refractivity contribution in [2.75, 3.05) is 22.7 Å². The molecule has 102 valence electrons. The van der Waals surface area contributed by atoms with Gasteiger partial charge in [0.15, 0.2) is 11.0 Å². The molecule has 2 amide bonds. The molecule has 3 N–H and O–H groups in total. The van der Waals surface area contributed by atoms with Crippen LogP contribution in [0.3, 0.4) is 0 Å². The minimum atomic E-state index is -0.0405. The molecule has 1 aromatic rings. The van der Waals surface area contributed by atoms with Gasteiger partial charge in [0, 0.05) is 0 Å². The SMILES string of the molecule is C=CCCONc1nc(NC=O)nc(Cl)c1NC=O. The zero-order valence-corrected chi connectivity index (χ0v) is 10.6. The van der Waals surface area contributed by atoms with Crippen molar-refractivity contribution in [3.8, 4) is 0 Å². The summed E-state index contributed by atoms with van der Waals surface area (Å²) in [5.74, 6) is 0.104. The second-order valence-corrected chi connectivity index (χ2v) is 3.47. The highest BCUT2D eigenvalue weighted by molar-refractivity contribution is 6.33. The normalized spacial score (nSPS) is 9.53. The van der Waals surface area contributed by atoms with E-state index in [1.165, 1.54) is 0 Å². The molecule has 0 aliphatic carbocycles. The number of rotatable bonds is 9. The number of carbonyl (C=O) groups is 2. The third kappa shape index (κ3) is 4.53. The van der Waals surface area contributed by atoms with E-state index >= 15 is 0 Å². The summed E-state index contributed by atoms with van der Waals surface area (Å²) in [4.78, 5) is 33.6. The molecule has 0 fully saturated rings. The highest BCUT2D eigenvalue weighted by Gasteiger charge is 2.12. The number of nitrogens with zero attached hydrogens (tertiary/aromatic N) is 2. The second-order valence-electron chi connectivity index (χ2n) is 3.11. The fraction of sp³-hybridized carbons (Fsp3) is 0.200. The minimum absolute atomic E-state index is 0.0220. The lowest BCUT2D eigenvalue weighted by atomic mass is 10.4. The summed E-state index contributed by atoms with van der Waals surface area (Å²) in [6, 6.07) is 0. The third-order valence-electron chi connectivity index (χ3n) is 1.85. The fourth-order valence-electron chi connectivity index (χ4n) is 1.07. The molecule has 0 atom stereocenters. The molecule has 0 aliphatic heterocycles. The van der Waals surface area contributed by atoms with Crippen LogP contribution < -0.4 is 16.1 Å². The summed E-state index contributed by atoms with van der Waals surface area (Å²) in [6.07, 6.45) is 3.13. The van der Waals surface area contributed by atoms with Gasteiger partial charge in [0.1, 0.15) is 5.69 Å². The smallest absolute Gasteiger partial charge is 0.232 e. The van der Waals surface area contributed by atoms with E-state index in [0.717, 1.165) is 0 Å². The fourth-order valence-corrected chi connectivity index (χ4v) is 1.30. The van der Waals surface area contributed by atoms with Crippen molar-refractivity contribution in [2.45, 2.75) is 6.42 Å². The first-order valence-corrected chi connectivity index (χ1v) is 5.57. The Balaban J connectivity index is 2.91. The van der Waals surface area contributed by atoms with Gasteiger partial charge >= 0.3 is 0 Å². The molecule has 0 spiro atoms. The summed E-state index contributed by atoms with van der Waals surface area (Å²) < 4.78 is 0. The monoisotopic (exact) mass is 285 g/mol. The Labute approximate surface area is 114 Å². The average Bonchev–Trinajstić information content (AvgIpc) is 2.39. The molecule has 0 unspecified atom stereocenters. The number of hydrogen-bond acceptors (Lipinski definition) is 6. The van der Waals surface area contributed by atoms with E-state index in [1.54, 1.807) is 6.08 Å². The Morgan fingerprint density at radius 2 is 2.00 bits per heavy atom. The highest BCUT2D eigenvalue weighted by atomic mass is 35.5. The maximum Gasteiger partial charge on any atom is 0.232 e. The predicted molar refractivity (Wildman–Crippen MR) is 70.8 cm³/mol. The number of carbonyl (C=O) groups excluding carboxylic acids is 2. The van der Waals surface area contributed by atoms with Gasteiger partial charge < -0.3 is 5.32 Å². The van der Waals surface area contributed by atoms with Gasteiger partial charge in [0.05, 0.1) is 6.61 Å². The molecule has 0 saturated heterocycles. The van der Waals surface area contributed by atoms with Gasteiger partial charge in [-0.25, -0.2) is 5.48 Å². The standard InChI is InChI=1S/C10H12ClN5O3/c1-2-3-4-19-16-9-7(12-5-17)8(11)14-10(15-9)13-6-18/h2,5-6H,1,3-4H2,(H,12,17)(H2,13,14,15,16,18). The zero-order valence-electron chi connectivity index (χ0n) is 9.85. The number of anilines is 3. The van der Waals surface area contributed by atoms with Crippen LogP contribution in [0.4, 0.5) is 17.5 Å². The highest BCUT2D eigenvalue weighted by Crippen LogP contribution is 2.28. The Hall–Kier alpha value is -2.19. The predicted octanol–water partition coefficient (Wildman–Crippen LogP) is 1.19. The molecule has 0 bridgehead atoms. The van der Waals surface area contributed by atoms with Gasteiger partial charge in [-0.15, -0.1) is 6.58 Å². The Kier molecular flexibility index (Phi) is 6.27. The van der Waals surface area contributed by atoms with Crippen LogP contribution in [-0.2, 0) is 14.4 Å². The second kappa shape index (κ2) is 8.01. The molecule has 19 heavy (non-hydrogen) atoms. The van der Waals surface area contributed by atoms with Crippen molar-refractivity contribution in [3.63, 3.8) is 0 Å². The first-order chi connectivity index (χ1) is 9.22. The van der Waals surface area contributed by atoms with Gasteiger partial charge in [-0.1, -0.05) is 17.7 Å². The first kappa shape index (κ1) is 14.9. The summed E-state index contributed by atoms with van der Waals surface area (Å²) in [5.41, 5.74) is 2.66. The quantitative estimate of drug-likeness (QED) is 0.207. The summed E-state index contributed by atoms with van der Waals surface area (Å²) >= 11 is 5.85. The Morgan fingerprint density at radius 3 is 2.63 bits per heavy atom. The van der Waals surface area contributed by atoms with Gasteiger partial charge in [-0.05, 0) is 6.42 Å². The Morgan fingerprint density at radius 1 is 1.26 bits per heavy atom.